The number of furan rings is 1. The highest BCUT2D eigenvalue weighted by Gasteiger charge is 2.24. The van der Waals surface area contributed by atoms with Crippen molar-refractivity contribution in [2.24, 2.45) is 0 Å². The molecule has 0 amide bonds. The molecule has 2 aromatic heterocycles. The predicted molar refractivity (Wildman–Crippen MR) is 169 cm³/mol. The molecule has 0 saturated heterocycles. The van der Waals surface area contributed by atoms with Gasteiger partial charge in [0.05, 0.1) is 16.9 Å². The summed E-state index contributed by atoms with van der Waals surface area (Å²) in [5, 5.41) is 14.2. The first kappa shape index (κ1) is 23.7. The van der Waals surface area contributed by atoms with E-state index >= 15 is 0 Å². The van der Waals surface area contributed by atoms with E-state index in [0.29, 0.717) is 5.71 Å². The van der Waals surface area contributed by atoms with E-state index < -0.39 is 0 Å². The second-order valence-corrected chi connectivity index (χ2v) is 9.90. The zero-order chi connectivity index (χ0) is 27.2. The molecule has 0 atom stereocenters. The molecule has 0 spiro atoms. The van der Waals surface area contributed by atoms with Crippen LogP contribution in [-0.2, 0) is 0 Å². The van der Waals surface area contributed by atoms with Gasteiger partial charge in [-0.1, -0.05) is 116 Å². The number of rotatable bonds is 5. The summed E-state index contributed by atoms with van der Waals surface area (Å²) in [7, 11) is 0. The Morgan fingerprint density at radius 1 is 0.850 bits per heavy atom. The average molecular weight is 518 g/mol. The second kappa shape index (κ2) is 9.44. The maximum atomic E-state index is 8.73. The van der Waals surface area contributed by atoms with Crippen molar-refractivity contribution in [3.63, 3.8) is 0 Å². The highest BCUT2D eigenvalue weighted by Crippen LogP contribution is 2.44. The van der Waals surface area contributed by atoms with Crippen molar-refractivity contribution >= 4 is 61.1 Å². The van der Waals surface area contributed by atoms with Gasteiger partial charge in [-0.25, -0.2) is 0 Å². The Labute approximate surface area is 232 Å². The Hall–Kier alpha value is -5.35. The fourth-order valence-electron chi connectivity index (χ4n) is 5.79. The lowest BCUT2D eigenvalue weighted by Crippen LogP contribution is -2.18. The fraction of sp³-hybridized carbons (Fsp3) is 0.0278. The second-order valence-electron chi connectivity index (χ2n) is 9.90. The van der Waals surface area contributed by atoms with E-state index in [2.05, 4.69) is 78.2 Å². The van der Waals surface area contributed by atoms with Gasteiger partial charge in [0.25, 0.3) is 0 Å². The number of nitrogens with zero attached hydrogens (tertiary/aromatic N) is 1. The van der Waals surface area contributed by atoms with E-state index in [0.717, 1.165) is 71.7 Å². The Balaban J connectivity index is 1.64. The molecule has 0 fully saturated rings. The van der Waals surface area contributed by atoms with Crippen LogP contribution in [-0.4, -0.2) is 10.4 Å². The first-order valence-electron chi connectivity index (χ1n) is 13.3. The third-order valence-electron chi connectivity index (χ3n) is 7.61. The Morgan fingerprint density at radius 3 is 2.33 bits per heavy atom. The molecular weight excluding hydrogens is 490 g/mol. The molecule has 7 rings (SSSR count). The number of fused-ring (bicyclic) bond motifs is 8. The van der Waals surface area contributed by atoms with E-state index in [1.807, 2.05) is 60.7 Å². The van der Waals surface area contributed by atoms with Crippen molar-refractivity contribution in [1.29, 1.82) is 5.41 Å². The van der Waals surface area contributed by atoms with Crippen molar-refractivity contribution < 1.29 is 4.42 Å². The minimum Gasteiger partial charge on any atom is -0.455 e. The Bertz CT molecular complexity index is 2110. The van der Waals surface area contributed by atoms with Crippen LogP contribution in [0.3, 0.4) is 0 Å². The van der Waals surface area contributed by atoms with Gasteiger partial charge in [0.2, 0.25) is 0 Å². The standard InChI is InChI=1S/C36H27N3O/c1-3-4-16-25-23(2)39(38-34(24-14-6-5-7-15-24)28-19-10-12-21-30(28)37)35-26-17-8-9-18-27(26)36-33(32(25)35)29-20-11-13-22-31(29)40-36/h3-22,37-38H,1H2,2H3/b16-4-,34-28-,37-30?. The van der Waals surface area contributed by atoms with Crippen molar-refractivity contribution in [1.82, 2.24) is 4.68 Å². The summed E-state index contributed by atoms with van der Waals surface area (Å²) in [4.78, 5) is 0. The molecule has 1 aliphatic rings. The molecule has 0 aliphatic heterocycles. The largest absolute Gasteiger partial charge is 0.455 e. The molecule has 4 aromatic carbocycles. The highest BCUT2D eigenvalue weighted by molar-refractivity contribution is 6.31. The number of benzene rings is 4. The summed E-state index contributed by atoms with van der Waals surface area (Å²) in [6.07, 6.45) is 13.6. The number of hydrogen-bond donors (Lipinski definition) is 2. The molecule has 1 aliphatic carbocycles. The smallest absolute Gasteiger partial charge is 0.144 e. The van der Waals surface area contributed by atoms with Gasteiger partial charge in [-0.3, -0.25) is 10.1 Å². The normalized spacial score (nSPS) is 14.8. The summed E-state index contributed by atoms with van der Waals surface area (Å²) in [5.74, 6) is 0. The number of allylic oxidation sites excluding steroid dienone is 7. The van der Waals surface area contributed by atoms with E-state index in [1.54, 1.807) is 6.08 Å². The molecule has 0 saturated carbocycles. The average Bonchev–Trinajstić information content (AvgIpc) is 3.51. The number of nitrogens with one attached hydrogen (secondary N) is 2. The van der Waals surface area contributed by atoms with Crippen LogP contribution in [0.2, 0.25) is 0 Å². The molecule has 192 valence electrons. The van der Waals surface area contributed by atoms with Crippen LogP contribution < -0.4 is 5.43 Å². The topological polar surface area (TPSA) is 54.0 Å². The summed E-state index contributed by atoms with van der Waals surface area (Å²) in [6.45, 7) is 6.06. The van der Waals surface area contributed by atoms with E-state index in [9.17, 15) is 0 Å². The monoisotopic (exact) mass is 517 g/mol. The molecule has 6 aromatic rings. The number of hydrogen-bond acceptors (Lipinski definition) is 3. The van der Waals surface area contributed by atoms with E-state index in [1.165, 1.54) is 0 Å². The Morgan fingerprint density at radius 2 is 1.55 bits per heavy atom. The van der Waals surface area contributed by atoms with E-state index in [-0.39, 0.29) is 0 Å². The highest BCUT2D eigenvalue weighted by atomic mass is 16.3. The van der Waals surface area contributed by atoms with Crippen molar-refractivity contribution in [2.75, 3.05) is 5.43 Å². The zero-order valence-electron chi connectivity index (χ0n) is 22.1. The first-order chi connectivity index (χ1) is 19.7. The SMILES string of the molecule is C=C/C=C\c1c(C)n(N/C(=C2/C=CC=CC2=N)c2ccccc2)c2c3ccccc3c3oc4ccccc4c3c12. The molecule has 2 N–H and O–H groups in total. The summed E-state index contributed by atoms with van der Waals surface area (Å²) in [5.41, 5.74) is 11.9. The third kappa shape index (κ3) is 3.57. The quantitative estimate of drug-likeness (QED) is 0.224. The molecule has 4 heteroatoms. The molecule has 0 bridgehead atoms. The molecule has 40 heavy (non-hydrogen) atoms. The summed E-state index contributed by atoms with van der Waals surface area (Å²) < 4.78 is 8.69. The lowest BCUT2D eigenvalue weighted by atomic mass is 9.98. The fourth-order valence-corrected chi connectivity index (χ4v) is 5.79. The first-order valence-corrected chi connectivity index (χ1v) is 13.3. The van der Waals surface area contributed by atoms with Crippen LogP contribution in [0, 0.1) is 12.3 Å². The lowest BCUT2D eigenvalue weighted by Gasteiger charge is -2.20. The van der Waals surface area contributed by atoms with Gasteiger partial charge in [-0.05, 0) is 19.1 Å². The summed E-state index contributed by atoms with van der Waals surface area (Å²) >= 11 is 0. The Kier molecular flexibility index (Phi) is 5.60. The van der Waals surface area contributed by atoms with Gasteiger partial charge in [0.15, 0.2) is 0 Å². The van der Waals surface area contributed by atoms with Gasteiger partial charge in [-0.2, -0.15) is 0 Å². The minimum absolute atomic E-state index is 0.461. The third-order valence-corrected chi connectivity index (χ3v) is 7.61. The van der Waals surface area contributed by atoms with Gasteiger partial charge in [0, 0.05) is 49.3 Å². The molecule has 2 heterocycles. The van der Waals surface area contributed by atoms with Gasteiger partial charge in [0.1, 0.15) is 11.2 Å². The van der Waals surface area contributed by atoms with Crippen LogP contribution in [0.5, 0.6) is 0 Å². The van der Waals surface area contributed by atoms with Crippen LogP contribution in [0.15, 0.2) is 132 Å². The van der Waals surface area contributed by atoms with Crippen molar-refractivity contribution in [2.45, 2.75) is 6.92 Å². The molecule has 4 nitrogen and oxygen atoms in total. The zero-order valence-corrected chi connectivity index (χ0v) is 22.1. The molecule has 0 unspecified atom stereocenters. The minimum atomic E-state index is 0.461. The lowest BCUT2D eigenvalue weighted by molar-refractivity contribution is 0.673. The van der Waals surface area contributed by atoms with Gasteiger partial charge in [-0.15, -0.1) is 0 Å². The molecule has 0 radical (unpaired) electrons. The van der Waals surface area contributed by atoms with Crippen molar-refractivity contribution in [3.05, 3.63) is 144 Å². The van der Waals surface area contributed by atoms with Crippen LogP contribution >= 0.6 is 0 Å². The number of aromatic nitrogens is 1. The maximum absolute atomic E-state index is 8.73. The van der Waals surface area contributed by atoms with Gasteiger partial charge >= 0.3 is 0 Å². The van der Waals surface area contributed by atoms with Gasteiger partial charge < -0.3 is 9.83 Å². The van der Waals surface area contributed by atoms with Crippen molar-refractivity contribution in [3.8, 4) is 0 Å². The van der Waals surface area contributed by atoms with Crippen LogP contribution in [0.4, 0.5) is 0 Å². The van der Waals surface area contributed by atoms with Crippen LogP contribution in [0.25, 0.3) is 55.4 Å². The maximum Gasteiger partial charge on any atom is 0.144 e. The summed E-state index contributed by atoms with van der Waals surface area (Å²) in [6, 6.07) is 26.9. The molecular formula is C36H27N3O. The predicted octanol–water partition coefficient (Wildman–Crippen LogP) is 9.30. The number of para-hydroxylation sites is 1. The van der Waals surface area contributed by atoms with Crippen LogP contribution in [0.1, 0.15) is 16.8 Å². The van der Waals surface area contributed by atoms with E-state index in [4.69, 9.17) is 9.83 Å².